The van der Waals surface area contributed by atoms with E-state index < -0.39 is 0 Å². The smallest absolute Gasteiger partial charge is 0.464 e. The number of hydrogen-bond donors (Lipinski definition) is 1. The molecule has 0 saturated carbocycles. The van der Waals surface area contributed by atoms with Crippen LogP contribution in [0.4, 0.5) is 0 Å². The maximum atomic E-state index is 11.9. The molecule has 1 fully saturated rings. The summed E-state index contributed by atoms with van der Waals surface area (Å²) < 4.78 is 17.3. The Balaban J connectivity index is 1.88. The zero-order chi connectivity index (χ0) is 17.5. The Morgan fingerprint density at radius 3 is 2.39 bits per heavy atom. The van der Waals surface area contributed by atoms with Crippen molar-refractivity contribution < 1.29 is 18.8 Å². The Kier molecular flexibility index (Phi) is 4.86. The van der Waals surface area contributed by atoms with E-state index in [4.69, 9.17) is 14.0 Å². The Labute approximate surface area is 139 Å². The number of hydrogen-bond acceptors (Lipinski definition) is 6. The molecule has 2 heterocycles. The van der Waals surface area contributed by atoms with Crippen LogP contribution in [-0.2, 0) is 18.8 Å². The molecule has 0 atom stereocenters. The second kappa shape index (κ2) is 6.11. The van der Waals surface area contributed by atoms with Crippen LogP contribution in [0.25, 0.3) is 0 Å². The molecular formula is C16H29BN2O4. The summed E-state index contributed by atoms with van der Waals surface area (Å²) in [5.41, 5.74) is 3.37. The van der Waals surface area contributed by atoms with Crippen LogP contribution >= 0.6 is 0 Å². The molecule has 130 valence electrons. The van der Waals surface area contributed by atoms with E-state index in [1.54, 1.807) is 5.01 Å². The standard InChI is InChI=1S/C16H29BN2O4/c1-14(2,3)11-21-13(20)10-19-9-12(8-18-19)17-22-15(4,5)16(6,7)23-17/h9,18H,8,10-11H2,1-7H3. The number of hydrazine groups is 1. The average Bonchev–Trinajstić information content (AvgIpc) is 2.90. The second-order valence-electron chi connectivity index (χ2n) is 8.48. The first-order chi connectivity index (χ1) is 10.4. The first kappa shape index (κ1) is 18.3. The summed E-state index contributed by atoms with van der Waals surface area (Å²) in [6, 6.07) is 0. The fraction of sp³-hybridized carbons (Fsp3) is 0.812. The molecule has 0 unspecified atom stereocenters. The highest BCUT2D eigenvalue weighted by Gasteiger charge is 2.52. The molecule has 0 aromatic heterocycles. The highest BCUT2D eigenvalue weighted by molar-refractivity contribution is 6.54. The number of rotatable bonds is 4. The minimum Gasteiger partial charge on any atom is -0.464 e. The highest BCUT2D eigenvalue weighted by Crippen LogP contribution is 2.38. The van der Waals surface area contributed by atoms with Crippen molar-refractivity contribution in [2.45, 2.75) is 59.7 Å². The van der Waals surface area contributed by atoms with E-state index in [9.17, 15) is 4.79 Å². The molecule has 0 amide bonds. The molecule has 2 aliphatic rings. The molecule has 23 heavy (non-hydrogen) atoms. The average molecular weight is 324 g/mol. The first-order valence-electron chi connectivity index (χ1n) is 8.12. The minimum atomic E-state index is -0.386. The molecule has 0 aromatic carbocycles. The Morgan fingerprint density at radius 2 is 1.87 bits per heavy atom. The van der Waals surface area contributed by atoms with Gasteiger partial charge in [-0.05, 0) is 38.6 Å². The van der Waals surface area contributed by atoms with E-state index in [0.717, 1.165) is 5.47 Å². The Bertz CT molecular complexity index is 481. The predicted octanol–water partition coefficient (Wildman–Crippen LogP) is 1.91. The first-order valence-corrected chi connectivity index (χ1v) is 8.12. The summed E-state index contributed by atoms with van der Waals surface area (Å²) in [5, 5.41) is 1.73. The summed E-state index contributed by atoms with van der Waals surface area (Å²) in [7, 11) is -0.386. The van der Waals surface area contributed by atoms with E-state index in [2.05, 4.69) is 5.43 Å². The Hall–Kier alpha value is -1.05. The van der Waals surface area contributed by atoms with Gasteiger partial charge in [-0.25, -0.2) is 5.43 Å². The van der Waals surface area contributed by atoms with Crippen molar-refractivity contribution in [3.63, 3.8) is 0 Å². The van der Waals surface area contributed by atoms with Gasteiger partial charge in [0.05, 0.1) is 17.8 Å². The fourth-order valence-corrected chi connectivity index (χ4v) is 2.21. The summed E-state index contributed by atoms with van der Waals surface area (Å²) in [5.74, 6) is -0.251. The van der Waals surface area contributed by atoms with Gasteiger partial charge in [-0.2, -0.15) is 0 Å². The van der Waals surface area contributed by atoms with Gasteiger partial charge in [0.25, 0.3) is 0 Å². The van der Waals surface area contributed by atoms with E-state index in [0.29, 0.717) is 13.2 Å². The van der Waals surface area contributed by atoms with Crippen LogP contribution in [0.3, 0.4) is 0 Å². The van der Waals surface area contributed by atoms with E-state index in [1.165, 1.54) is 0 Å². The molecule has 1 N–H and O–H groups in total. The van der Waals surface area contributed by atoms with Crippen molar-refractivity contribution in [3.8, 4) is 0 Å². The molecule has 2 rings (SSSR count). The van der Waals surface area contributed by atoms with E-state index in [1.807, 2.05) is 54.7 Å². The third-order valence-corrected chi connectivity index (χ3v) is 4.33. The maximum absolute atomic E-state index is 11.9. The molecule has 0 bridgehead atoms. The lowest BCUT2D eigenvalue weighted by atomic mass is 9.79. The van der Waals surface area contributed by atoms with Gasteiger partial charge in [-0.3, -0.25) is 4.79 Å². The van der Waals surface area contributed by atoms with Crippen LogP contribution in [-0.4, -0.2) is 49.0 Å². The van der Waals surface area contributed by atoms with Gasteiger partial charge in [0.15, 0.2) is 0 Å². The lowest BCUT2D eigenvalue weighted by Crippen LogP contribution is -2.41. The molecule has 6 nitrogen and oxygen atoms in total. The largest absolute Gasteiger partial charge is 0.493 e. The third-order valence-electron chi connectivity index (χ3n) is 4.33. The number of nitrogens with zero attached hydrogens (tertiary/aromatic N) is 1. The number of ether oxygens (including phenoxy) is 1. The van der Waals surface area contributed by atoms with Gasteiger partial charge in [0.2, 0.25) is 0 Å². The van der Waals surface area contributed by atoms with Crippen molar-refractivity contribution in [1.82, 2.24) is 10.4 Å². The van der Waals surface area contributed by atoms with E-state index in [-0.39, 0.29) is 36.2 Å². The number of carbonyl (C=O) groups excluding carboxylic acids is 1. The number of esters is 1. The Morgan fingerprint density at radius 1 is 1.30 bits per heavy atom. The van der Waals surface area contributed by atoms with Crippen molar-refractivity contribution in [1.29, 1.82) is 0 Å². The normalized spacial score (nSPS) is 23.2. The van der Waals surface area contributed by atoms with Crippen molar-refractivity contribution in [2.75, 3.05) is 19.7 Å². The molecule has 0 aromatic rings. The van der Waals surface area contributed by atoms with Gasteiger partial charge >= 0.3 is 13.1 Å². The molecule has 2 aliphatic heterocycles. The van der Waals surface area contributed by atoms with Crippen molar-refractivity contribution >= 4 is 13.1 Å². The topological polar surface area (TPSA) is 60.0 Å². The van der Waals surface area contributed by atoms with Crippen LogP contribution in [0.5, 0.6) is 0 Å². The van der Waals surface area contributed by atoms with Crippen LogP contribution < -0.4 is 5.43 Å². The van der Waals surface area contributed by atoms with E-state index >= 15 is 0 Å². The third kappa shape index (κ3) is 4.49. The SMILES string of the molecule is CC(C)(C)COC(=O)CN1C=C(B2OC(C)(C)C(C)(C)O2)CN1. The molecular weight excluding hydrogens is 295 g/mol. The van der Waals surface area contributed by atoms with Gasteiger partial charge in [-0.15, -0.1) is 0 Å². The fourth-order valence-electron chi connectivity index (χ4n) is 2.21. The molecule has 1 saturated heterocycles. The van der Waals surface area contributed by atoms with Crippen molar-refractivity contribution in [2.24, 2.45) is 5.41 Å². The number of carbonyl (C=O) groups is 1. The summed E-state index contributed by atoms with van der Waals surface area (Å²) >= 11 is 0. The molecule has 0 aliphatic carbocycles. The lowest BCUT2D eigenvalue weighted by Gasteiger charge is -2.32. The van der Waals surface area contributed by atoms with Gasteiger partial charge < -0.3 is 19.1 Å². The van der Waals surface area contributed by atoms with Gasteiger partial charge in [0.1, 0.15) is 6.54 Å². The molecule has 0 spiro atoms. The lowest BCUT2D eigenvalue weighted by molar-refractivity contribution is -0.147. The minimum absolute atomic E-state index is 0.0300. The highest BCUT2D eigenvalue weighted by atomic mass is 16.7. The molecule has 0 radical (unpaired) electrons. The maximum Gasteiger partial charge on any atom is 0.493 e. The zero-order valence-electron chi connectivity index (χ0n) is 15.4. The summed E-state index contributed by atoms with van der Waals surface area (Å²) in [6.45, 7) is 15.4. The monoisotopic (exact) mass is 324 g/mol. The van der Waals surface area contributed by atoms with Crippen LogP contribution in [0.15, 0.2) is 11.7 Å². The molecule has 7 heteroatoms. The quantitative estimate of drug-likeness (QED) is 0.630. The summed E-state index contributed by atoms with van der Waals surface area (Å²) in [6.07, 6.45) is 1.88. The van der Waals surface area contributed by atoms with Gasteiger partial charge in [-0.1, -0.05) is 20.8 Å². The second-order valence-corrected chi connectivity index (χ2v) is 8.48. The predicted molar refractivity (Wildman–Crippen MR) is 89.3 cm³/mol. The van der Waals surface area contributed by atoms with Crippen LogP contribution in [0, 0.1) is 5.41 Å². The summed E-state index contributed by atoms with van der Waals surface area (Å²) in [4.78, 5) is 11.9. The zero-order valence-corrected chi connectivity index (χ0v) is 15.4. The number of nitrogens with one attached hydrogen (secondary N) is 1. The van der Waals surface area contributed by atoms with Crippen LogP contribution in [0.2, 0.25) is 0 Å². The van der Waals surface area contributed by atoms with Gasteiger partial charge in [0, 0.05) is 12.7 Å². The van der Waals surface area contributed by atoms with Crippen molar-refractivity contribution in [3.05, 3.63) is 11.7 Å². The van der Waals surface area contributed by atoms with Crippen LogP contribution in [0.1, 0.15) is 48.5 Å².